The van der Waals surface area contributed by atoms with Gasteiger partial charge in [0, 0.05) is 12.7 Å². The van der Waals surface area contributed by atoms with E-state index in [4.69, 9.17) is 12.2 Å². The number of nitrogens with zero attached hydrogens (tertiary/aromatic N) is 3. The Morgan fingerprint density at radius 2 is 1.96 bits per heavy atom. The first-order chi connectivity index (χ1) is 11.3. The lowest BCUT2D eigenvalue weighted by atomic mass is 10.2. The van der Waals surface area contributed by atoms with Gasteiger partial charge in [0.1, 0.15) is 0 Å². The van der Waals surface area contributed by atoms with Crippen LogP contribution in [0.2, 0.25) is 0 Å². The van der Waals surface area contributed by atoms with Gasteiger partial charge in [-0.2, -0.15) is 13.2 Å². The Balaban J connectivity index is 2.43. The molecule has 3 aromatic rings. The molecule has 1 aromatic carbocycles. The van der Waals surface area contributed by atoms with Crippen LogP contribution in [-0.4, -0.2) is 14.1 Å². The van der Waals surface area contributed by atoms with Gasteiger partial charge in [0.15, 0.2) is 10.4 Å². The van der Waals surface area contributed by atoms with Crippen LogP contribution in [0.1, 0.15) is 12.5 Å². The van der Waals surface area contributed by atoms with Crippen molar-refractivity contribution in [2.45, 2.75) is 19.6 Å². The molecule has 3 rings (SSSR count). The van der Waals surface area contributed by atoms with Crippen LogP contribution in [0.25, 0.3) is 16.7 Å². The van der Waals surface area contributed by atoms with E-state index in [2.05, 4.69) is 4.98 Å². The van der Waals surface area contributed by atoms with E-state index in [-0.39, 0.29) is 21.7 Å². The van der Waals surface area contributed by atoms with E-state index in [9.17, 15) is 18.0 Å². The average molecular weight is 351 g/mol. The zero-order chi connectivity index (χ0) is 17.5. The largest absolute Gasteiger partial charge is 0.416 e. The Hall–Kier alpha value is -2.48. The second-order valence-corrected chi connectivity index (χ2v) is 5.46. The molecule has 0 unspecified atom stereocenters. The van der Waals surface area contributed by atoms with Crippen LogP contribution in [-0.2, 0) is 12.7 Å². The molecule has 0 aliphatic rings. The molecule has 124 valence electrons. The van der Waals surface area contributed by atoms with Crippen molar-refractivity contribution in [1.82, 2.24) is 14.1 Å². The van der Waals surface area contributed by atoms with Crippen molar-refractivity contribution in [3.05, 3.63) is 63.3 Å². The van der Waals surface area contributed by atoms with Crippen molar-refractivity contribution >= 4 is 23.3 Å². The van der Waals surface area contributed by atoms with Gasteiger partial charge in [-0.1, -0.05) is 6.07 Å². The first-order valence-corrected chi connectivity index (χ1v) is 7.53. The number of hydrogen-bond donors (Lipinski definition) is 0. The number of alkyl halides is 3. The van der Waals surface area contributed by atoms with Crippen molar-refractivity contribution in [2.24, 2.45) is 0 Å². The highest BCUT2D eigenvalue weighted by atomic mass is 32.1. The minimum atomic E-state index is -4.47. The van der Waals surface area contributed by atoms with Crippen LogP contribution >= 0.6 is 12.2 Å². The summed E-state index contributed by atoms with van der Waals surface area (Å²) in [4.78, 5) is 16.6. The average Bonchev–Trinajstić information content (AvgIpc) is 2.55. The molecule has 0 aliphatic carbocycles. The Morgan fingerprint density at radius 1 is 1.21 bits per heavy atom. The van der Waals surface area contributed by atoms with Gasteiger partial charge in [-0.15, -0.1) is 0 Å². The fraction of sp³-hybridized carbons (Fsp3) is 0.188. The lowest BCUT2D eigenvalue weighted by Gasteiger charge is -2.15. The third-order valence-electron chi connectivity index (χ3n) is 3.64. The normalized spacial score (nSPS) is 11.8. The standard InChI is InChI=1S/C16H12F3N3OS/c1-2-21-14(23)12-7-4-8-20-13(12)22(15(21)24)11-6-3-5-10(9-11)16(17,18)19/h3-9H,2H2,1H3. The summed E-state index contributed by atoms with van der Waals surface area (Å²) in [5, 5.41) is 0.297. The van der Waals surface area contributed by atoms with Crippen molar-refractivity contribution < 1.29 is 13.2 Å². The van der Waals surface area contributed by atoms with E-state index in [1.165, 1.54) is 27.5 Å². The van der Waals surface area contributed by atoms with E-state index < -0.39 is 11.7 Å². The summed E-state index contributed by atoms with van der Waals surface area (Å²) < 4.78 is 41.8. The van der Waals surface area contributed by atoms with Gasteiger partial charge in [-0.3, -0.25) is 13.9 Å². The molecule has 24 heavy (non-hydrogen) atoms. The maximum absolute atomic E-state index is 13.0. The molecule has 4 nitrogen and oxygen atoms in total. The minimum Gasteiger partial charge on any atom is -0.285 e. The highest BCUT2D eigenvalue weighted by Gasteiger charge is 2.30. The summed E-state index contributed by atoms with van der Waals surface area (Å²) in [6.45, 7) is 2.05. The molecule has 0 saturated heterocycles. The van der Waals surface area contributed by atoms with E-state index >= 15 is 0 Å². The van der Waals surface area contributed by atoms with Crippen molar-refractivity contribution in [1.29, 1.82) is 0 Å². The molecule has 0 amide bonds. The number of rotatable bonds is 2. The molecule has 8 heteroatoms. The SMILES string of the molecule is CCn1c(=O)c2cccnc2n(-c2cccc(C(F)(F)F)c2)c1=S. The summed E-state index contributed by atoms with van der Waals surface area (Å²) in [5.74, 6) is 0. The molecule has 0 saturated carbocycles. The highest BCUT2D eigenvalue weighted by Crippen LogP contribution is 2.30. The zero-order valence-corrected chi connectivity index (χ0v) is 13.4. The van der Waals surface area contributed by atoms with Crippen LogP contribution < -0.4 is 5.56 Å². The minimum absolute atomic E-state index is 0.105. The number of aromatic nitrogens is 3. The third kappa shape index (κ3) is 2.62. The van der Waals surface area contributed by atoms with E-state index in [1.807, 2.05) is 0 Å². The van der Waals surface area contributed by atoms with Crippen molar-refractivity contribution in [3.63, 3.8) is 0 Å². The van der Waals surface area contributed by atoms with E-state index in [1.54, 1.807) is 19.1 Å². The van der Waals surface area contributed by atoms with Gasteiger partial charge in [0.25, 0.3) is 5.56 Å². The Labute approximate surface area is 139 Å². The molecular formula is C16H12F3N3OS. The Kier molecular flexibility index (Phi) is 4.00. The number of hydrogen-bond acceptors (Lipinski definition) is 3. The number of halogens is 3. The lowest BCUT2D eigenvalue weighted by molar-refractivity contribution is -0.137. The second-order valence-electron chi connectivity index (χ2n) is 5.09. The summed E-state index contributed by atoms with van der Waals surface area (Å²) >= 11 is 5.33. The molecular weight excluding hydrogens is 339 g/mol. The molecule has 0 bridgehead atoms. The maximum Gasteiger partial charge on any atom is 0.416 e. The monoisotopic (exact) mass is 351 g/mol. The van der Waals surface area contributed by atoms with Gasteiger partial charge in [-0.25, -0.2) is 4.98 Å². The summed E-state index contributed by atoms with van der Waals surface area (Å²) in [6.07, 6.45) is -3.00. The first-order valence-electron chi connectivity index (χ1n) is 7.13. The quantitative estimate of drug-likeness (QED) is 0.656. The molecule has 2 heterocycles. The maximum atomic E-state index is 13.0. The first kappa shape index (κ1) is 16.4. The molecule has 0 N–H and O–H groups in total. The topological polar surface area (TPSA) is 39.8 Å². The number of benzene rings is 1. The van der Waals surface area contributed by atoms with Crippen LogP contribution in [0.5, 0.6) is 0 Å². The smallest absolute Gasteiger partial charge is 0.285 e. The Morgan fingerprint density at radius 3 is 2.62 bits per heavy atom. The van der Waals surface area contributed by atoms with Crippen LogP contribution in [0.3, 0.4) is 0 Å². The van der Waals surface area contributed by atoms with Gasteiger partial charge in [0.05, 0.1) is 16.6 Å². The number of pyridine rings is 1. The van der Waals surface area contributed by atoms with E-state index in [0.717, 1.165) is 12.1 Å². The van der Waals surface area contributed by atoms with Gasteiger partial charge in [0.2, 0.25) is 0 Å². The second kappa shape index (κ2) is 5.86. The highest BCUT2D eigenvalue weighted by molar-refractivity contribution is 7.71. The predicted octanol–water partition coefficient (Wildman–Crippen LogP) is 3.96. The van der Waals surface area contributed by atoms with Crippen molar-refractivity contribution in [2.75, 3.05) is 0 Å². The molecule has 0 atom stereocenters. The van der Waals surface area contributed by atoms with Crippen LogP contribution in [0.15, 0.2) is 47.4 Å². The fourth-order valence-electron chi connectivity index (χ4n) is 2.52. The lowest BCUT2D eigenvalue weighted by Crippen LogP contribution is -2.25. The summed E-state index contributed by atoms with van der Waals surface area (Å²) in [6, 6.07) is 7.96. The Bertz CT molecular complexity index is 1040. The summed E-state index contributed by atoms with van der Waals surface area (Å²) in [7, 11) is 0. The molecule has 0 aliphatic heterocycles. The zero-order valence-electron chi connectivity index (χ0n) is 12.5. The number of fused-ring (bicyclic) bond motifs is 1. The molecule has 0 fully saturated rings. The van der Waals surface area contributed by atoms with Crippen LogP contribution in [0.4, 0.5) is 13.2 Å². The summed E-state index contributed by atoms with van der Waals surface area (Å²) in [5.41, 5.74) is -0.661. The molecule has 0 spiro atoms. The van der Waals surface area contributed by atoms with Gasteiger partial charge >= 0.3 is 6.18 Å². The van der Waals surface area contributed by atoms with Crippen LogP contribution in [0, 0.1) is 4.77 Å². The predicted molar refractivity (Wildman–Crippen MR) is 86.8 cm³/mol. The third-order valence-corrected chi connectivity index (χ3v) is 4.05. The fourth-order valence-corrected chi connectivity index (χ4v) is 2.92. The molecule has 0 radical (unpaired) electrons. The van der Waals surface area contributed by atoms with Gasteiger partial charge in [-0.05, 0) is 49.5 Å². The van der Waals surface area contributed by atoms with Gasteiger partial charge < -0.3 is 0 Å². The van der Waals surface area contributed by atoms with Crippen molar-refractivity contribution in [3.8, 4) is 5.69 Å². The van der Waals surface area contributed by atoms with E-state index in [0.29, 0.717) is 11.9 Å². The molecule has 2 aromatic heterocycles.